The minimum atomic E-state index is 0.0640. The Labute approximate surface area is 211 Å². The predicted molar refractivity (Wildman–Crippen MR) is 138 cm³/mol. The Bertz CT molecular complexity index is 1080. The summed E-state index contributed by atoms with van der Waals surface area (Å²) >= 11 is 1.61. The SMILES string of the molecule is CC1CCN(Cc2cccc(CNC(=O)C3CCN(Cc4nc(-c5cccs5)no4)CC3)c2)CC1. The molecule has 0 atom stereocenters. The van der Waals surface area contributed by atoms with E-state index in [0.29, 0.717) is 24.8 Å². The van der Waals surface area contributed by atoms with E-state index in [1.165, 1.54) is 37.1 Å². The Balaban J connectivity index is 1.05. The first-order valence-electron chi connectivity index (χ1n) is 12.8. The normalized spacial score (nSPS) is 18.7. The van der Waals surface area contributed by atoms with Crippen LogP contribution in [-0.2, 0) is 24.4 Å². The highest BCUT2D eigenvalue weighted by Gasteiger charge is 2.26. The molecule has 0 spiro atoms. The highest BCUT2D eigenvalue weighted by molar-refractivity contribution is 7.13. The fourth-order valence-corrected chi connectivity index (χ4v) is 5.67. The number of hydrogen-bond acceptors (Lipinski definition) is 7. The maximum absolute atomic E-state index is 12.8. The van der Waals surface area contributed by atoms with E-state index in [0.717, 1.165) is 43.3 Å². The van der Waals surface area contributed by atoms with Crippen LogP contribution in [0.4, 0.5) is 0 Å². The van der Waals surface area contributed by atoms with Crippen molar-refractivity contribution in [3.63, 3.8) is 0 Å². The second-order valence-electron chi connectivity index (χ2n) is 10.0. The fourth-order valence-electron chi connectivity index (χ4n) is 5.02. The number of likely N-dealkylation sites (tertiary alicyclic amines) is 2. The molecule has 2 aliphatic rings. The average Bonchev–Trinajstić information content (AvgIpc) is 3.57. The number of nitrogens with zero attached hydrogens (tertiary/aromatic N) is 4. The molecular weight excluding hydrogens is 458 g/mol. The molecule has 8 heteroatoms. The molecule has 1 N–H and O–H groups in total. The van der Waals surface area contributed by atoms with Gasteiger partial charge in [-0.15, -0.1) is 11.3 Å². The first-order chi connectivity index (χ1) is 17.1. The highest BCUT2D eigenvalue weighted by atomic mass is 32.1. The summed E-state index contributed by atoms with van der Waals surface area (Å²) in [6.45, 7) is 8.67. The number of carbonyl (C=O) groups excluding carboxylic acids is 1. The molecule has 4 heterocycles. The van der Waals surface area contributed by atoms with Crippen LogP contribution >= 0.6 is 11.3 Å². The van der Waals surface area contributed by atoms with Gasteiger partial charge in [0.15, 0.2) is 0 Å². The number of hydrogen-bond donors (Lipinski definition) is 1. The van der Waals surface area contributed by atoms with Gasteiger partial charge in [0.1, 0.15) is 0 Å². The molecule has 7 nitrogen and oxygen atoms in total. The molecule has 2 fully saturated rings. The number of thiophene rings is 1. The van der Waals surface area contributed by atoms with Crippen LogP contribution in [0.5, 0.6) is 0 Å². The summed E-state index contributed by atoms with van der Waals surface area (Å²) in [6, 6.07) is 12.7. The standard InChI is InChI=1S/C27H35N5O2S/c1-20-7-11-31(12-8-20)18-22-5-2-4-21(16-22)17-28-27(33)23-9-13-32(14-10-23)19-25-29-26(30-34-25)24-6-3-15-35-24/h2-6,15-16,20,23H,7-14,17-19H2,1H3,(H,28,33). The zero-order valence-electron chi connectivity index (χ0n) is 20.5. The van der Waals surface area contributed by atoms with E-state index in [4.69, 9.17) is 4.52 Å². The van der Waals surface area contributed by atoms with Gasteiger partial charge in [0.2, 0.25) is 17.6 Å². The van der Waals surface area contributed by atoms with Crippen molar-refractivity contribution < 1.29 is 9.32 Å². The van der Waals surface area contributed by atoms with Crippen molar-refractivity contribution in [2.24, 2.45) is 11.8 Å². The third kappa shape index (κ3) is 6.57. The van der Waals surface area contributed by atoms with Gasteiger partial charge in [-0.3, -0.25) is 14.6 Å². The van der Waals surface area contributed by atoms with Crippen molar-refractivity contribution in [3.8, 4) is 10.7 Å². The third-order valence-electron chi connectivity index (χ3n) is 7.27. The molecular formula is C27H35N5O2S. The summed E-state index contributed by atoms with van der Waals surface area (Å²) < 4.78 is 5.44. The molecule has 3 aromatic rings. The average molecular weight is 494 g/mol. The molecule has 35 heavy (non-hydrogen) atoms. The number of nitrogens with one attached hydrogen (secondary N) is 1. The van der Waals surface area contributed by atoms with Crippen molar-refractivity contribution in [2.45, 2.75) is 52.2 Å². The second kappa shape index (κ2) is 11.5. The van der Waals surface area contributed by atoms with Crippen molar-refractivity contribution in [3.05, 3.63) is 58.8 Å². The van der Waals surface area contributed by atoms with E-state index < -0.39 is 0 Å². The molecule has 2 saturated heterocycles. The molecule has 0 radical (unpaired) electrons. The number of amides is 1. The van der Waals surface area contributed by atoms with Crippen molar-refractivity contribution in [2.75, 3.05) is 26.2 Å². The van der Waals surface area contributed by atoms with Crippen LogP contribution in [0.3, 0.4) is 0 Å². The number of piperidine rings is 2. The molecule has 0 bridgehead atoms. The van der Waals surface area contributed by atoms with Gasteiger partial charge < -0.3 is 9.84 Å². The lowest BCUT2D eigenvalue weighted by atomic mass is 9.95. The number of rotatable bonds is 8. The van der Waals surface area contributed by atoms with Crippen LogP contribution in [-0.4, -0.2) is 52.0 Å². The monoisotopic (exact) mass is 493 g/mol. The van der Waals surface area contributed by atoms with E-state index in [-0.39, 0.29) is 11.8 Å². The smallest absolute Gasteiger partial charge is 0.241 e. The Morgan fingerprint density at radius 2 is 1.77 bits per heavy atom. The summed E-state index contributed by atoms with van der Waals surface area (Å²) in [5.74, 6) is 2.36. The molecule has 5 rings (SSSR count). The third-order valence-corrected chi connectivity index (χ3v) is 8.13. The van der Waals surface area contributed by atoms with Gasteiger partial charge in [0.05, 0.1) is 11.4 Å². The Morgan fingerprint density at radius 3 is 2.54 bits per heavy atom. The lowest BCUT2D eigenvalue weighted by Gasteiger charge is -2.30. The molecule has 0 aliphatic carbocycles. The number of benzene rings is 1. The van der Waals surface area contributed by atoms with E-state index >= 15 is 0 Å². The number of aromatic nitrogens is 2. The molecule has 0 saturated carbocycles. The van der Waals surface area contributed by atoms with Crippen molar-refractivity contribution in [1.82, 2.24) is 25.3 Å². The lowest BCUT2D eigenvalue weighted by Crippen LogP contribution is -2.40. The Kier molecular flexibility index (Phi) is 7.91. The fraction of sp³-hybridized carbons (Fsp3) is 0.519. The second-order valence-corrected chi connectivity index (χ2v) is 11.0. The van der Waals surface area contributed by atoms with E-state index in [2.05, 4.69) is 56.4 Å². The molecule has 2 aromatic heterocycles. The summed E-state index contributed by atoms with van der Waals surface area (Å²) in [5.41, 5.74) is 2.51. The number of carbonyl (C=O) groups is 1. The van der Waals surface area contributed by atoms with E-state index in [9.17, 15) is 4.79 Å². The van der Waals surface area contributed by atoms with Crippen LogP contribution < -0.4 is 5.32 Å². The molecule has 1 aromatic carbocycles. The largest absolute Gasteiger partial charge is 0.352 e. The van der Waals surface area contributed by atoms with E-state index in [1.807, 2.05) is 17.5 Å². The summed E-state index contributed by atoms with van der Waals surface area (Å²) in [5, 5.41) is 9.28. The molecule has 2 aliphatic heterocycles. The molecule has 186 valence electrons. The van der Waals surface area contributed by atoms with Crippen LogP contribution in [0.15, 0.2) is 46.3 Å². The summed E-state index contributed by atoms with van der Waals surface area (Å²) in [7, 11) is 0. The van der Waals surface area contributed by atoms with Crippen LogP contribution in [0.25, 0.3) is 10.7 Å². The molecule has 0 unspecified atom stereocenters. The Hall–Kier alpha value is -2.55. The Morgan fingerprint density at radius 1 is 1.03 bits per heavy atom. The van der Waals surface area contributed by atoms with Crippen LogP contribution in [0, 0.1) is 11.8 Å². The first kappa shape index (κ1) is 24.2. The molecule has 1 amide bonds. The maximum Gasteiger partial charge on any atom is 0.241 e. The van der Waals surface area contributed by atoms with Gasteiger partial charge in [-0.25, -0.2) is 0 Å². The van der Waals surface area contributed by atoms with Crippen molar-refractivity contribution in [1.29, 1.82) is 0 Å². The van der Waals surface area contributed by atoms with Crippen molar-refractivity contribution >= 4 is 17.2 Å². The summed E-state index contributed by atoms with van der Waals surface area (Å²) in [6.07, 6.45) is 4.29. The van der Waals surface area contributed by atoms with Crippen LogP contribution in [0.2, 0.25) is 0 Å². The predicted octanol–water partition coefficient (Wildman–Crippen LogP) is 4.56. The van der Waals surface area contributed by atoms with Gasteiger partial charge in [0, 0.05) is 19.0 Å². The van der Waals surface area contributed by atoms with Gasteiger partial charge in [0.25, 0.3) is 0 Å². The van der Waals surface area contributed by atoms with Gasteiger partial charge in [-0.05, 0) is 80.4 Å². The lowest BCUT2D eigenvalue weighted by molar-refractivity contribution is -0.126. The zero-order valence-corrected chi connectivity index (χ0v) is 21.3. The van der Waals surface area contributed by atoms with Gasteiger partial charge in [-0.1, -0.05) is 42.4 Å². The van der Waals surface area contributed by atoms with Crippen LogP contribution in [0.1, 0.15) is 49.6 Å². The van der Waals surface area contributed by atoms with Gasteiger partial charge in [-0.2, -0.15) is 4.98 Å². The highest BCUT2D eigenvalue weighted by Crippen LogP contribution is 2.23. The summed E-state index contributed by atoms with van der Waals surface area (Å²) in [4.78, 5) is 23.2. The van der Waals surface area contributed by atoms with E-state index in [1.54, 1.807) is 11.3 Å². The topological polar surface area (TPSA) is 74.5 Å². The maximum atomic E-state index is 12.8. The minimum absolute atomic E-state index is 0.0640. The first-order valence-corrected chi connectivity index (χ1v) is 13.7. The minimum Gasteiger partial charge on any atom is -0.352 e. The van der Waals surface area contributed by atoms with Gasteiger partial charge >= 0.3 is 0 Å². The zero-order chi connectivity index (χ0) is 24.0. The quantitative estimate of drug-likeness (QED) is 0.496.